The SMILES string of the molecule is CCCCCCCCC(C(C)C)C(OC(C)(C)C)(OC(C)(C)C)C(C)C. The van der Waals surface area contributed by atoms with E-state index in [-0.39, 0.29) is 11.2 Å². The van der Waals surface area contributed by atoms with Crippen LogP contribution in [0.1, 0.15) is 121 Å². The van der Waals surface area contributed by atoms with Crippen LogP contribution in [-0.2, 0) is 9.47 Å². The Morgan fingerprint density at radius 1 is 0.654 bits per heavy atom. The summed E-state index contributed by atoms with van der Waals surface area (Å²) in [7, 11) is 0. The summed E-state index contributed by atoms with van der Waals surface area (Å²) in [4.78, 5) is 0. The molecule has 26 heavy (non-hydrogen) atoms. The Labute approximate surface area is 165 Å². The van der Waals surface area contributed by atoms with Gasteiger partial charge in [-0.25, -0.2) is 0 Å². The Morgan fingerprint density at radius 2 is 1.08 bits per heavy atom. The molecule has 2 heteroatoms. The molecule has 0 aromatic carbocycles. The lowest BCUT2D eigenvalue weighted by Gasteiger charge is -2.51. The summed E-state index contributed by atoms with van der Waals surface area (Å²) in [5.74, 6) is 0.673. The molecule has 1 unspecified atom stereocenters. The molecule has 0 bridgehead atoms. The normalized spacial score (nSPS) is 15.1. The van der Waals surface area contributed by atoms with Crippen LogP contribution in [0.2, 0.25) is 0 Å². The van der Waals surface area contributed by atoms with Crippen LogP contribution in [0.3, 0.4) is 0 Å². The molecular formula is C24H50O2. The minimum atomic E-state index is -0.548. The smallest absolute Gasteiger partial charge is 0.174 e. The second kappa shape index (κ2) is 11.1. The minimum absolute atomic E-state index is 0.232. The maximum absolute atomic E-state index is 6.76. The van der Waals surface area contributed by atoms with E-state index in [0.29, 0.717) is 17.8 Å². The molecule has 0 saturated heterocycles. The molecular weight excluding hydrogens is 320 g/mol. The van der Waals surface area contributed by atoms with Crippen LogP contribution in [0.25, 0.3) is 0 Å². The van der Waals surface area contributed by atoms with Crippen molar-refractivity contribution >= 4 is 0 Å². The van der Waals surface area contributed by atoms with E-state index in [4.69, 9.17) is 9.47 Å². The molecule has 158 valence electrons. The molecule has 0 aromatic rings. The van der Waals surface area contributed by atoms with Crippen molar-refractivity contribution < 1.29 is 9.47 Å². The maximum atomic E-state index is 6.76. The van der Waals surface area contributed by atoms with Gasteiger partial charge >= 0.3 is 0 Å². The predicted octanol–water partition coefficient (Wildman–Crippen LogP) is 7.99. The van der Waals surface area contributed by atoms with Gasteiger partial charge in [-0.3, -0.25) is 0 Å². The van der Waals surface area contributed by atoms with Crippen molar-refractivity contribution in [1.82, 2.24) is 0 Å². The minimum Gasteiger partial charge on any atom is -0.344 e. The number of rotatable bonds is 12. The standard InChI is InChI=1S/C24H50O2/c1-12-13-14-15-16-17-18-21(19(2)3)24(20(4)5,25-22(6,7)8)26-23(9,10)11/h19-21H,12-18H2,1-11H3. The van der Waals surface area contributed by atoms with Crippen molar-refractivity contribution in [2.24, 2.45) is 17.8 Å². The fraction of sp³-hybridized carbons (Fsp3) is 1.00. The summed E-state index contributed by atoms with van der Waals surface area (Å²) >= 11 is 0. The first-order valence-corrected chi connectivity index (χ1v) is 11.2. The lowest BCUT2D eigenvalue weighted by atomic mass is 9.77. The average Bonchev–Trinajstić information content (AvgIpc) is 2.41. The summed E-state index contributed by atoms with van der Waals surface area (Å²) in [6.45, 7) is 24.4. The molecule has 1 atom stereocenters. The van der Waals surface area contributed by atoms with Crippen molar-refractivity contribution in [3.63, 3.8) is 0 Å². The third-order valence-corrected chi connectivity index (χ3v) is 4.93. The van der Waals surface area contributed by atoms with E-state index >= 15 is 0 Å². The molecule has 2 nitrogen and oxygen atoms in total. The topological polar surface area (TPSA) is 18.5 Å². The first kappa shape index (κ1) is 25.9. The highest BCUT2D eigenvalue weighted by molar-refractivity contribution is 4.89. The van der Waals surface area contributed by atoms with Gasteiger partial charge in [-0.2, -0.15) is 0 Å². The average molecular weight is 371 g/mol. The number of unbranched alkanes of at least 4 members (excludes halogenated alkanes) is 5. The number of hydrogen-bond acceptors (Lipinski definition) is 2. The molecule has 0 rings (SSSR count). The van der Waals surface area contributed by atoms with Crippen molar-refractivity contribution in [3.05, 3.63) is 0 Å². The van der Waals surface area contributed by atoms with Crippen LogP contribution in [0.5, 0.6) is 0 Å². The molecule has 0 aliphatic rings. The van der Waals surface area contributed by atoms with E-state index in [1.54, 1.807) is 0 Å². The van der Waals surface area contributed by atoms with Crippen LogP contribution in [0.15, 0.2) is 0 Å². The first-order valence-electron chi connectivity index (χ1n) is 11.2. The molecule has 0 aliphatic heterocycles. The predicted molar refractivity (Wildman–Crippen MR) is 116 cm³/mol. The van der Waals surface area contributed by atoms with Crippen LogP contribution in [0, 0.1) is 17.8 Å². The lowest BCUT2D eigenvalue weighted by Crippen LogP contribution is -2.56. The Bertz CT molecular complexity index is 341. The third kappa shape index (κ3) is 9.74. The summed E-state index contributed by atoms with van der Waals surface area (Å²) < 4.78 is 13.5. The van der Waals surface area contributed by atoms with E-state index < -0.39 is 5.79 Å². The van der Waals surface area contributed by atoms with Gasteiger partial charge in [-0.15, -0.1) is 0 Å². The molecule has 0 aliphatic carbocycles. The highest BCUT2D eigenvalue weighted by Crippen LogP contribution is 2.44. The number of hydrogen-bond donors (Lipinski definition) is 0. The van der Waals surface area contributed by atoms with Crippen molar-refractivity contribution in [3.8, 4) is 0 Å². The maximum Gasteiger partial charge on any atom is 0.174 e. The van der Waals surface area contributed by atoms with Crippen LogP contribution in [0.4, 0.5) is 0 Å². The van der Waals surface area contributed by atoms with E-state index in [2.05, 4.69) is 76.2 Å². The van der Waals surface area contributed by atoms with Gasteiger partial charge in [0.05, 0.1) is 11.2 Å². The largest absolute Gasteiger partial charge is 0.344 e. The monoisotopic (exact) mass is 370 g/mol. The molecule has 0 N–H and O–H groups in total. The van der Waals surface area contributed by atoms with Gasteiger partial charge < -0.3 is 9.47 Å². The highest BCUT2D eigenvalue weighted by Gasteiger charge is 2.49. The van der Waals surface area contributed by atoms with Crippen molar-refractivity contribution in [2.75, 3.05) is 0 Å². The van der Waals surface area contributed by atoms with E-state index in [9.17, 15) is 0 Å². The Kier molecular flexibility index (Phi) is 11.0. The zero-order chi connectivity index (χ0) is 20.6. The second-order valence-electron chi connectivity index (χ2n) is 10.7. The summed E-state index contributed by atoms with van der Waals surface area (Å²) in [5, 5.41) is 0. The molecule has 0 fully saturated rings. The van der Waals surface area contributed by atoms with Gasteiger partial charge in [0.25, 0.3) is 0 Å². The fourth-order valence-corrected chi connectivity index (χ4v) is 3.94. The summed E-state index contributed by atoms with van der Waals surface area (Å²) in [6.07, 6.45) is 9.16. The van der Waals surface area contributed by atoms with Crippen LogP contribution in [-0.4, -0.2) is 17.0 Å². The van der Waals surface area contributed by atoms with Gasteiger partial charge in [0.2, 0.25) is 0 Å². The zero-order valence-corrected chi connectivity index (χ0v) is 20.0. The molecule has 0 spiro atoms. The van der Waals surface area contributed by atoms with E-state index in [1.165, 1.54) is 44.9 Å². The van der Waals surface area contributed by atoms with Crippen molar-refractivity contribution in [2.45, 2.75) is 138 Å². The van der Waals surface area contributed by atoms with Gasteiger partial charge in [0.15, 0.2) is 5.79 Å². The van der Waals surface area contributed by atoms with Gasteiger partial charge in [-0.1, -0.05) is 73.1 Å². The third-order valence-electron chi connectivity index (χ3n) is 4.93. The fourth-order valence-electron chi connectivity index (χ4n) is 3.94. The first-order chi connectivity index (χ1) is 11.7. The molecule has 0 saturated carbocycles. The highest BCUT2D eigenvalue weighted by atomic mass is 16.7. The summed E-state index contributed by atoms with van der Waals surface area (Å²) in [5.41, 5.74) is -0.465. The van der Waals surface area contributed by atoms with Gasteiger partial charge in [0, 0.05) is 11.8 Å². The molecule has 0 aromatic heterocycles. The molecule has 0 heterocycles. The number of ether oxygens (including phenoxy) is 2. The Balaban J connectivity index is 5.45. The van der Waals surface area contributed by atoms with E-state index in [0.717, 1.165) is 0 Å². The lowest BCUT2D eigenvalue weighted by molar-refractivity contribution is -0.359. The van der Waals surface area contributed by atoms with Crippen LogP contribution < -0.4 is 0 Å². The van der Waals surface area contributed by atoms with Crippen LogP contribution >= 0.6 is 0 Å². The quantitative estimate of drug-likeness (QED) is 0.256. The second-order valence-corrected chi connectivity index (χ2v) is 10.7. The zero-order valence-electron chi connectivity index (χ0n) is 20.0. The molecule has 0 amide bonds. The van der Waals surface area contributed by atoms with Gasteiger partial charge in [-0.05, 0) is 53.9 Å². The van der Waals surface area contributed by atoms with E-state index in [1.807, 2.05) is 0 Å². The summed E-state index contributed by atoms with van der Waals surface area (Å²) in [6, 6.07) is 0. The van der Waals surface area contributed by atoms with Gasteiger partial charge in [0.1, 0.15) is 0 Å². The molecule has 0 radical (unpaired) electrons. The van der Waals surface area contributed by atoms with Crippen molar-refractivity contribution in [1.29, 1.82) is 0 Å². The Morgan fingerprint density at radius 3 is 1.42 bits per heavy atom. The Hall–Kier alpha value is -0.0800.